The Hall–Kier alpha value is -5.31. The summed E-state index contributed by atoms with van der Waals surface area (Å²) in [6.07, 6.45) is 2.35. The van der Waals surface area contributed by atoms with E-state index in [-0.39, 0.29) is 68.9 Å². The largest absolute Gasteiger partial charge is 0.444 e. The number of aryl methyl sites for hydroxylation is 1. The Morgan fingerprint density at radius 3 is 2.17 bits per heavy atom. The van der Waals surface area contributed by atoms with E-state index in [4.69, 9.17) is 16.3 Å². The summed E-state index contributed by atoms with van der Waals surface area (Å²) >= 11 is 6.53. The average molecular weight is 749 g/mol. The Bertz CT molecular complexity index is 2120. The summed E-state index contributed by atoms with van der Waals surface area (Å²) < 4.78 is 37.2. The molecule has 2 N–H and O–H groups in total. The molecule has 1 unspecified atom stereocenters. The second-order valence-corrected chi connectivity index (χ2v) is 15.1. The van der Waals surface area contributed by atoms with E-state index >= 15 is 8.78 Å². The molecule has 2 aromatic heterocycles. The first-order chi connectivity index (χ1) is 25.1. The molecule has 2 saturated heterocycles. The minimum atomic E-state index is -1.09. The summed E-state index contributed by atoms with van der Waals surface area (Å²) in [5.74, 6) is -2.90. The van der Waals surface area contributed by atoms with Crippen molar-refractivity contribution in [2.45, 2.75) is 33.3 Å². The fourth-order valence-electron chi connectivity index (χ4n) is 7.28. The molecule has 0 bridgehead atoms. The Balaban J connectivity index is 0.935. The second-order valence-electron chi connectivity index (χ2n) is 14.7. The van der Waals surface area contributed by atoms with Crippen LogP contribution in [0.25, 0.3) is 22.4 Å². The minimum Gasteiger partial charge on any atom is -0.444 e. The third kappa shape index (κ3) is 6.85. The molecule has 0 radical (unpaired) electrons. The summed E-state index contributed by atoms with van der Waals surface area (Å²) in [7, 11) is 1.52. The molecular formula is C37H39ClF2N8O5. The third-order valence-electron chi connectivity index (χ3n) is 10.1. The number of hydrogen-bond donors (Lipinski definition) is 2. The zero-order chi connectivity index (χ0) is 37.9. The highest BCUT2D eigenvalue weighted by atomic mass is 35.5. The number of amides is 4. The van der Waals surface area contributed by atoms with Crippen LogP contribution in [0.3, 0.4) is 0 Å². The van der Waals surface area contributed by atoms with Gasteiger partial charge >= 0.3 is 6.09 Å². The highest BCUT2D eigenvalue weighted by Gasteiger charge is 2.61. The maximum Gasteiger partial charge on any atom is 0.410 e. The number of aromatic amines is 1. The molecule has 3 aliphatic rings. The van der Waals surface area contributed by atoms with Crippen LogP contribution < -0.4 is 5.32 Å². The van der Waals surface area contributed by atoms with Crippen LogP contribution in [0.15, 0.2) is 42.7 Å². The molecule has 0 spiro atoms. The number of rotatable bonds is 6. The summed E-state index contributed by atoms with van der Waals surface area (Å²) in [5, 5.41) is 9.40. The monoisotopic (exact) mass is 748 g/mol. The first-order valence-corrected chi connectivity index (χ1v) is 17.7. The van der Waals surface area contributed by atoms with Crippen molar-refractivity contribution in [2.24, 2.45) is 24.8 Å². The van der Waals surface area contributed by atoms with Crippen LogP contribution in [0, 0.1) is 36.3 Å². The van der Waals surface area contributed by atoms with Crippen molar-refractivity contribution in [1.29, 1.82) is 0 Å². The molecular weight excluding hydrogens is 710 g/mol. The number of ether oxygens (including phenoxy) is 1. The molecule has 2 aromatic carbocycles. The average Bonchev–Trinajstić information content (AvgIpc) is 3.45. The number of piperazine rings is 1. The highest BCUT2D eigenvalue weighted by Crippen LogP contribution is 2.53. The number of benzene rings is 2. The van der Waals surface area contributed by atoms with Gasteiger partial charge in [0.25, 0.3) is 11.8 Å². The molecule has 53 heavy (non-hydrogen) atoms. The summed E-state index contributed by atoms with van der Waals surface area (Å²) in [5.41, 5.74) is 1.17. The van der Waals surface area contributed by atoms with Gasteiger partial charge in [0.1, 0.15) is 5.60 Å². The molecule has 13 nitrogen and oxygen atoms in total. The van der Waals surface area contributed by atoms with Crippen LogP contribution in [0.5, 0.6) is 0 Å². The van der Waals surface area contributed by atoms with Crippen LogP contribution in [0.4, 0.5) is 19.3 Å². The maximum absolute atomic E-state index is 15.3. The lowest BCUT2D eigenvalue weighted by Gasteiger charge is -2.35. The van der Waals surface area contributed by atoms with Gasteiger partial charge < -0.3 is 29.3 Å². The Labute approximate surface area is 309 Å². The number of imidazole rings is 1. The number of carbonyl (C=O) groups is 4. The van der Waals surface area contributed by atoms with E-state index in [1.54, 1.807) is 27.7 Å². The molecule has 4 heterocycles. The first kappa shape index (κ1) is 36.1. The number of hydrogen-bond acceptors (Lipinski definition) is 7. The van der Waals surface area contributed by atoms with E-state index in [1.165, 1.54) is 48.3 Å². The van der Waals surface area contributed by atoms with Crippen LogP contribution in [0.1, 0.15) is 47.4 Å². The highest BCUT2D eigenvalue weighted by molar-refractivity contribution is 6.34. The number of carbonyl (C=O) groups excluding carboxylic acids is 4. The first-order valence-electron chi connectivity index (χ1n) is 17.3. The van der Waals surface area contributed by atoms with Crippen molar-refractivity contribution in [1.82, 2.24) is 34.4 Å². The lowest BCUT2D eigenvalue weighted by atomic mass is 10.0. The lowest BCUT2D eigenvalue weighted by Crippen LogP contribution is -2.51. The van der Waals surface area contributed by atoms with Crippen molar-refractivity contribution in [3.8, 4) is 22.4 Å². The van der Waals surface area contributed by atoms with Gasteiger partial charge in [0, 0.05) is 80.3 Å². The molecule has 4 amide bonds. The van der Waals surface area contributed by atoms with E-state index in [0.29, 0.717) is 56.2 Å². The Morgan fingerprint density at radius 1 is 0.906 bits per heavy atom. The number of piperidine rings is 1. The van der Waals surface area contributed by atoms with Gasteiger partial charge in [-0.2, -0.15) is 5.10 Å². The van der Waals surface area contributed by atoms with E-state index in [0.717, 1.165) is 0 Å². The smallest absolute Gasteiger partial charge is 0.410 e. The standard InChI is InChI=1S/C37H39ClF2N8O5/c1-19-24(15-42-44-19)21-8-9-23(31(40)30(21)39)28-16-41-32(45(28)5)33(49)43-20-6-7-22(27(38)14-20)34(50)46-10-12-47(13-11-46)35(51)29-25-17-48(18-26(25)29)36(52)53-37(2,3)4/h6-9,14-16,25-26,29H,10-13,17-18H2,1-5H3,(H,42,44)(H,43,49)/t25-,26+,29?. The summed E-state index contributed by atoms with van der Waals surface area (Å²) in [6.45, 7) is 9.64. The number of H-pyrrole nitrogens is 1. The molecule has 3 fully saturated rings. The van der Waals surface area contributed by atoms with Gasteiger partial charge in [0.2, 0.25) is 5.91 Å². The fraction of sp³-hybridized carbons (Fsp3) is 0.405. The predicted octanol–water partition coefficient (Wildman–Crippen LogP) is 5.37. The van der Waals surface area contributed by atoms with Crippen LogP contribution in [0.2, 0.25) is 5.02 Å². The van der Waals surface area contributed by atoms with E-state index in [2.05, 4.69) is 20.5 Å². The van der Waals surface area contributed by atoms with Crippen molar-refractivity contribution in [3.05, 3.63) is 76.5 Å². The number of fused-ring (bicyclic) bond motifs is 1. The number of nitrogens with zero attached hydrogens (tertiary/aromatic N) is 6. The van der Waals surface area contributed by atoms with E-state index < -0.39 is 23.1 Å². The number of halogens is 3. The van der Waals surface area contributed by atoms with Gasteiger partial charge in [-0.05, 0) is 63.8 Å². The molecule has 3 atom stereocenters. The van der Waals surface area contributed by atoms with Crippen molar-refractivity contribution in [3.63, 3.8) is 0 Å². The second kappa shape index (κ2) is 13.6. The number of likely N-dealkylation sites (tertiary alicyclic amines) is 1. The topological polar surface area (TPSA) is 146 Å². The van der Waals surface area contributed by atoms with E-state index in [9.17, 15) is 19.2 Å². The number of anilines is 1. The SMILES string of the molecule is Cc1[nH]ncc1-c1ccc(-c2cnc(C(=O)Nc3ccc(C(=O)N4CCN(C(=O)C5[C@H]6CN(C(=O)OC(C)(C)C)C[C@@H]56)CC4)c(Cl)c3)n2C)c(F)c1F. The molecule has 2 aliphatic heterocycles. The molecule has 7 rings (SSSR count). The van der Waals surface area contributed by atoms with Crippen LogP contribution in [-0.2, 0) is 16.6 Å². The van der Waals surface area contributed by atoms with Crippen molar-refractivity contribution < 1.29 is 32.7 Å². The summed E-state index contributed by atoms with van der Waals surface area (Å²) in [6, 6.07) is 7.38. The zero-order valence-electron chi connectivity index (χ0n) is 29.9. The van der Waals surface area contributed by atoms with Crippen LogP contribution in [-0.4, -0.2) is 103 Å². The number of aromatic nitrogens is 4. The Kier molecular flexibility index (Phi) is 9.25. The molecule has 1 aliphatic carbocycles. The van der Waals surface area contributed by atoms with Gasteiger partial charge in [-0.3, -0.25) is 19.5 Å². The van der Waals surface area contributed by atoms with Crippen molar-refractivity contribution in [2.75, 3.05) is 44.6 Å². The number of nitrogens with one attached hydrogen (secondary N) is 2. The fourth-order valence-corrected chi connectivity index (χ4v) is 7.54. The third-order valence-corrected chi connectivity index (χ3v) is 10.4. The molecule has 278 valence electrons. The lowest BCUT2D eigenvalue weighted by molar-refractivity contribution is -0.135. The van der Waals surface area contributed by atoms with Gasteiger partial charge in [0.15, 0.2) is 17.5 Å². The van der Waals surface area contributed by atoms with E-state index in [1.807, 2.05) is 20.8 Å². The quantitative estimate of drug-likeness (QED) is 0.270. The zero-order valence-corrected chi connectivity index (χ0v) is 30.6. The van der Waals surface area contributed by atoms with Gasteiger partial charge in [-0.15, -0.1) is 0 Å². The Morgan fingerprint density at radius 2 is 1.55 bits per heavy atom. The molecule has 4 aromatic rings. The normalized spacial score (nSPS) is 19.6. The molecule has 1 saturated carbocycles. The predicted molar refractivity (Wildman–Crippen MR) is 191 cm³/mol. The minimum absolute atomic E-state index is 0.0556. The summed E-state index contributed by atoms with van der Waals surface area (Å²) in [4.78, 5) is 61.6. The van der Waals surface area contributed by atoms with Gasteiger partial charge in [0.05, 0.1) is 28.7 Å². The molecule has 16 heteroatoms. The van der Waals surface area contributed by atoms with Crippen LogP contribution >= 0.6 is 11.6 Å². The van der Waals surface area contributed by atoms with Crippen molar-refractivity contribution >= 4 is 41.1 Å². The van der Waals surface area contributed by atoms with Gasteiger partial charge in [-0.1, -0.05) is 17.7 Å². The maximum atomic E-state index is 15.3. The van der Waals surface area contributed by atoms with Gasteiger partial charge in [-0.25, -0.2) is 18.6 Å².